The van der Waals surface area contributed by atoms with Gasteiger partial charge in [0.2, 0.25) is 0 Å². The van der Waals surface area contributed by atoms with Crippen molar-refractivity contribution in [2.45, 2.75) is 50.7 Å². The van der Waals surface area contributed by atoms with Crippen LogP contribution in [0.3, 0.4) is 0 Å². The van der Waals surface area contributed by atoms with Crippen molar-refractivity contribution in [3.63, 3.8) is 0 Å². The fourth-order valence-corrected chi connectivity index (χ4v) is 8.46. The molecule has 5 aromatic carbocycles. The Bertz CT molecular complexity index is 1660. The van der Waals surface area contributed by atoms with Gasteiger partial charge < -0.3 is 14.3 Å². The molecule has 1 unspecified atom stereocenters. The smallest absolute Gasteiger partial charge is 0.419 e. The molecule has 0 saturated carbocycles. The topological polar surface area (TPSA) is 59.0 Å². The van der Waals surface area contributed by atoms with E-state index in [1.165, 1.54) is 16.0 Å². The lowest BCUT2D eigenvalue weighted by atomic mass is 9.72. The molecular formula is C40H40NO4Si. The Morgan fingerprint density at radius 1 is 0.761 bits per heavy atom. The first-order valence-corrected chi connectivity index (χ1v) is 17.2. The molecule has 0 aromatic heterocycles. The van der Waals surface area contributed by atoms with Gasteiger partial charge in [0, 0.05) is 0 Å². The average Bonchev–Trinajstić information content (AvgIpc) is 3.08. The molecule has 0 aliphatic heterocycles. The minimum Gasteiger partial charge on any atom is -0.446 e. The molecule has 1 N–H and O–H groups in total. The SMILES string of the molecule is CC(C)(C)c1cccc2c1CC[C@](O)(COC(=O)N(c1ccccc1)c1ccccc1)C2O[Si](c1ccccc1)c1ccccc1. The van der Waals surface area contributed by atoms with E-state index in [1.807, 2.05) is 97.1 Å². The number of carbonyl (C=O) groups is 1. The first-order valence-electron chi connectivity index (χ1n) is 15.8. The zero-order valence-electron chi connectivity index (χ0n) is 26.6. The van der Waals surface area contributed by atoms with Crippen molar-refractivity contribution in [3.8, 4) is 0 Å². The Morgan fingerprint density at radius 3 is 1.76 bits per heavy atom. The number of amides is 1. The quantitative estimate of drug-likeness (QED) is 0.181. The lowest BCUT2D eigenvalue weighted by molar-refractivity contribution is -0.108. The Balaban J connectivity index is 1.38. The standard InChI is InChI=1S/C40H40NO4Si/c1-39(2,3)36-26-16-25-35-34(36)27-28-40(43,37(35)45-46(32-21-12-6-13-22-32)33-23-14-7-15-24-33)29-44-38(42)41(30-17-8-4-9-18-30)31-19-10-5-11-20-31/h4-26,37,43H,27-29H2,1-3H3/t37?,40-/m0/s1. The van der Waals surface area contributed by atoms with E-state index in [0.717, 1.165) is 15.9 Å². The number of ether oxygens (including phenoxy) is 1. The number of nitrogens with zero attached hydrogens (tertiary/aromatic N) is 1. The van der Waals surface area contributed by atoms with Gasteiger partial charge in [-0.15, -0.1) is 0 Å². The number of rotatable bonds is 8. The number of benzene rings is 5. The Morgan fingerprint density at radius 2 is 1.26 bits per heavy atom. The van der Waals surface area contributed by atoms with Crippen LogP contribution in [0.5, 0.6) is 0 Å². The Kier molecular flexibility index (Phi) is 9.22. The highest BCUT2D eigenvalue weighted by Gasteiger charge is 2.47. The van der Waals surface area contributed by atoms with Gasteiger partial charge >= 0.3 is 6.09 Å². The van der Waals surface area contributed by atoms with Gasteiger partial charge in [-0.3, -0.25) is 0 Å². The van der Waals surface area contributed by atoms with E-state index in [9.17, 15) is 9.90 Å². The van der Waals surface area contributed by atoms with Crippen LogP contribution in [0, 0.1) is 0 Å². The van der Waals surface area contributed by atoms with Gasteiger partial charge in [-0.2, -0.15) is 0 Å². The van der Waals surface area contributed by atoms with Crippen molar-refractivity contribution < 1.29 is 19.1 Å². The second-order valence-corrected chi connectivity index (χ2v) is 14.9. The maximum atomic E-state index is 13.9. The summed E-state index contributed by atoms with van der Waals surface area (Å²) in [5, 5.41) is 14.7. The summed E-state index contributed by atoms with van der Waals surface area (Å²) in [6.45, 7) is 6.43. The first-order chi connectivity index (χ1) is 22.2. The summed E-state index contributed by atoms with van der Waals surface area (Å²) in [4.78, 5) is 15.4. The fraction of sp³-hybridized carbons (Fsp3) is 0.225. The van der Waals surface area contributed by atoms with Crippen LogP contribution in [0.25, 0.3) is 0 Å². The second kappa shape index (κ2) is 13.5. The summed E-state index contributed by atoms with van der Waals surface area (Å²) < 4.78 is 13.2. The van der Waals surface area contributed by atoms with E-state index >= 15 is 0 Å². The molecule has 0 saturated heterocycles. The zero-order chi connectivity index (χ0) is 32.1. The molecule has 1 aliphatic carbocycles. The number of fused-ring (bicyclic) bond motifs is 1. The minimum absolute atomic E-state index is 0.0870. The minimum atomic E-state index is -1.81. The molecule has 1 aliphatic rings. The number of hydrogen-bond donors (Lipinski definition) is 1. The lowest BCUT2D eigenvalue weighted by Crippen LogP contribution is -2.53. The van der Waals surface area contributed by atoms with E-state index in [0.29, 0.717) is 24.2 Å². The third-order valence-corrected chi connectivity index (χ3v) is 10.8. The third-order valence-electron chi connectivity index (χ3n) is 8.56. The molecule has 0 heterocycles. The highest BCUT2D eigenvalue weighted by molar-refractivity contribution is 6.80. The van der Waals surface area contributed by atoms with Crippen LogP contribution >= 0.6 is 0 Å². The molecule has 0 bridgehead atoms. The van der Waals surface area contributed by atoms with Crippen molar-refractivity contribution in [3.05, 3.63) is 156 Å². The Hall–Kier alpha value is -4.49. The molecule has 6 rings (SSSR count). The maximum Gasteiger partial charge on any atom is 0.419 e. The van der Waals surface area contributed by atoms with Crippen LogP contribution in [0.1, 0.15) is 50.0 Å². The summed E-state index contributed by atoms with van der Waals surface area (Å²) >= 11 is 0. The number of para-hydroxylation sites is 2. The molecular weight excluding hydrogens is 587 g/mol. The van der Waals surface area contributed by atoms with Gasteiger partial charge in [0.15, 0.2) is 0 Å². The maximum absolute atomic E-state index is 13.9. The van der Waals surface area contributed by atoms with E-state index in [2.05, 4.69) is 63.2 Å². The van der Waals surface area contributed by atoms with Crippen LogP contribution in [0.2, 0.25) is 0 Å². The van der Waals surface area contributed by atoms with Gasteiger partial charge in [0.05, 0.1) is 11.4 Å². The van der Waals surface area contributed by atoms with Crippen LogP contribution in [0.4, 0.5) is 16.2 Å². The van der Waals surface area contributed by atoms with Gasteiger partial charge in [-0.1, -0.05) is 136 Å². The van der Waals surface area contributed by atoms with Crippen molar-refractivity contribution in [2.75, 3.05) is 11.5 Å². The Labute approximate surface area is 273 Å². The monoisotopic (exact) mass is 626 g/mol. The summed E-state index contributed by atoms with van der Waals surface area (Å²) in [6.07, 6.45) is -0.241. The predicted molar refractivity (Wildman–Crippen MR) is 187 cm³/mol. The first kappa shape index (κ1) is 31.5. The highest BCUT2D eigenvalue weighted by Crippen LogP contribution is 2.44. The lowest BCUT2D eigenvalue weighted by Gasteiger charge is -2.43. The van der Waals surface area contributed by atoms with E-state index in [1.54, 1.807) is 0 Å². The molecule has 5 aromatic rings. The van der Waals surface area contributed by atoms with Crippen LogP contribution in [-0.4, -0.2) is 32.4 Å². The average molecular weight is 627 g/mol. The second-order valence-electron chi connectivity index (χ2n) is 12.8. The molecule has 6 heteroatoms. The largest absolute Gasteiger partial charge is 0.446 e. The molecule has 0 fully saturated rings. The molecule has 5 nitrogen and oxygen atoms in total. The van der Waals surface area contributed by atoms with Gasteiger partial charge in [0.1, 0.15) is 18.3 Å². The molecule has 233 valence electrons. The van der Waals surface area contributed by atoms with Gasteiger partial charge in [-0.05, 0) is 69.6 Å². The number of carbonyl (C=O) groups excluding carboxylic acids is 1. The summed E-state index contributed by atoms with van der Waals surface area (Å²) in [5.74, 6) is 0. The number of aliphatic hydroxyl groups is 1. The van der Waals surface area contributed by atoms with E-state index in [4.69, 9.17) is 9.16 Å². The van der Waals surface area contributed by atoms with Crippen LogP contribution in [-0.2, 0) is 21.0 Å². The molecule has 1 radical (unpaired) electrons. The molecule has 2 atom stereocenters. The van der Waals surface area contributed by atoms with Gasteiger partial charge in [0.25, 0.3) is 9.04 Å². The zero-order valence-corrected chi connectivity index (χ0v) is 27.6. The predicted octanol–water partition coefficient (Wildman–Crippen LogP) is 7.50. The molecule has 0 spiro atoms. The summed E-state index contributed by atoms with van der Waals surface area (Å²) in [6, 6.07) is 45.6. The number of hydrogen-bond acceptors (Lipinski definition) is 4. The summed E-state index contributed by atoms with van der Waals surface area (Å²) in [5.41, 5.74) is 3.21. The van der Waals surface area contributed by atoms with Crippen LogP contribution in [0.15, 0.2) is 140 Å². The fourth-order valence-electron chi connectivity index (χ4n) is 6.28. The normalized spacial score (nSPS) is 17.7. The van der Waals surface area contributed by atoms with Crippen LogP contribution < -0.4 is 15.3 Å². The summed E-state index contributed by atoms with van der Waals surface area (Å²) in [7, 11) is -1.81. The van der Waals surface area contributed by atoms with Gasteiger partial charge in [-0.25, -0.2) is 9.69 Å². The van der Waals surface area contributed by atoms with Crippen molar-refractivity contribution in [1.82, 2.24) is 0 Å². The van der Waals surface area contributed by atoms with Crippen molar-refractivity contribution in [2.24, 2.45) is 0 Å². The number of anilines is 2. The van der Waals surface area contributed by atoms with Crippen molar-refractivity contribution >= 4 is 36.9 Å². The van der Waals surface area contributed by atoms with E-state index in [-0.39, 0.29) is 12.0 Å². The molecule has 46 heavy (non-hydrogen) atoms. The van der Waals surface area contributed by atoms with Crippen molar-refractivity contribution in [1.29, 1.82) is 0 Å². The third kappa shape index (κ3) is 6.70. The molecule has 1 amide bonds. The van der Waals surface area contributed by atoms with E-state index < -0.39 is 26.8 Å². The highest BCUT2D eigenvalue weighted by atomic mass is 28.3.